The first-order chi connectivity index (χ1) is 10.8. The van der Waals surface area contributed by atoms with E-state index in [9.17, 15) is 13.2 Å². The van der Waals surface area contributed by atoms with Crippen LogP contribution >= 0.6 is 0 Å². The number of rotatable bonds is 5. The van der Waals surface area contributed by atoms with Crippen LogP contribution in [0.1, 0.15) is 28.4 Å². The monoisotopic (exact) mass is 332 g/mol. The summed E-state index contributed by atoms with van der Waals surface area (Å²) in [4.78, 5) is 12.0. The molecule has 0 radical (unpaired) electrons. The van der Waals surface area contributed by atoms with Gasteiger partial charge in [0.25, 0.3) is 15.9 Å². The third-order valence-electron chi connectivity index (χ3n) is 3.40. The molecule has 0 atom stereocenters. The standard InChI is InChI=1S/C17H20N2O3S/c1-4-18-17(20)14-7-10-16(13(3)11-14)19-23(21,22)15-8-5-12(2)6-9-15/h5-11,19H,4H2,1-3H3,(H,18,20). The van der Waals surface area contributed by atoms with Gasteiger partial charge in [-0.2, -0.15) is 0 Å². The number of sulfonamides is 1. The van der Waals surface area contributed by atoms with Crippen molar-refractivity contribution in [1.29, 1.82) is 0 Å². The van der Waals surface area contributed by atoms with Crippen LogP contribution in [0.5, 0.6) is 0 Å². The molecule has 0 aliphatic rings. The second-order valence-electron chi connectivity index (χ2n) is 5.31. The Morgan fingerprint density at radius 1 is 1.04 bits per heavy atom. The minimum atomic E-state index is -3.65. The Morgan fingerprint density at radius 3 is 2.26 bits per heavy atom. The van der Waals surface area contributed by atoms with E-state index in [1.165, 1.54) is 0 Å². The summed E-state index contributed by atoms with van der Waals surface area (Å²) in [6.45, 7) is 6.04. The SMILES string of the molecule is CCNC(=O)c1ccc(NS(=O)(=O)c2ccc(C)cc2)c(C)c1. The fourth-order valence-electron chi connectivity index (χ4n) is 2.10. The van der Waals surface area contributed by atoms with Crippen molar-refractivity contribution in [3.63, 3.8) is 0 Å². The van der Waals surface area contributed by atoms with Crippen molar-refractivity contribution in [3.05, 3.63) is 59.2 Å². The van der Waals surface area contributed by atoms with Crippen LogP contribution in [0.25, 0.3) is 0 Å². The molecular weight excluding hydrogens is 312 g/mol. The Labute approximate surface area is 136 Å². The lowest BCUT2D eigenvalue weighted by Crippen LogP contribution is -2.22. The van der Waals surface area contributed by atoms with Gasteiger partial charge in [-0.05, 0) is 56.7 Å². The van der Waals surface area contributed by atoms with Gasteiger partial charge in [0.2, 0.25) is 0 Å². The second kappa shape index (κ2) is 6.83. The highest BCUT2D eigenvalue weighted by Crippen LogP contribution is 2.21. The van der Waals surface area contributed by atoms with Crippen molar-refractivity contribution in [2.75, 3.05) is 11.3 Å². The first-order valence-electron chi connectivity index (χ1n) is 7.32. The molecule has 2 aromatic carbocycles. The maximum atomic E-state index is 12.4. The van der Waals surface area contributed by atoms with Gasteiger partial charge in [-0.3, -0.25) is 9.52 Å². The zero-order chi connectivity index (χ0) is 17.0. The fourth-order valence-corrected chi connectivity index (χ4v) is 3.23. The molecule has 0 aromatic heterocycles. The average molecular weight is 332 g/mol. The molecule has 0 aliphatic carbocycles. The van der Waals surface area contributed by atoms with Gasteiger partial charge < -0.3 is 5.32 Å². The molecule has 23 heavy (non-hydrogen) atoms. The number of benzene rings is 2. The van der Waals surface area contributed by atoms with E-state index in [1.54, 1.807) is 49.4 Å². The molecule has 0 saturated heterocycles. The molecule has 5 nitrogen and oxygen atoms in total. The molecule has 0 bridgehead atoms. The Balaban J connectivity index is 2.26. The lowest BCUT2D eigenvalue weighted by molar-refractivity contribution is 0.0956. The highest BCUT2D eigenvalue weighted by atomic mass is 32.2. The third kappa shape index (κ3) is 4.10. The summed E-state index contributed by atoms with van der Waals surface area (Å²) < 4.78 is 27.4. The number of carbonyl (C=O) groups is 1. The van der Waals surface area contributed by atoms with Crippen molar-refractivity contribution in [2.45, 2.75) is 25.7 Å². The minimum Gasteiger partial charge on any atom is -0.352 e. The van der Waals surface area contributed by atoms with Crippen molar-refractivity contribution in [1.82, 2.24) is 5.32 Å². The molecule has 0 saturated carbocycles. The number of aryl methyl sites for hydroxylation is 2. The summed E-state index contributed by atoms with van der Waals surface area (Å²) in [7, 11) is -3.65. The smallest absolute Gasteiger partial charge is 0.261 e. The Hall–Kier alpha value is -2.34. The Morgan fingerprint density at radius 2 is 1.70 bits per heavy atom. The second-order valence-corrected chi connectivity index (χ2v) is 6.99. The van der Waals surface area contributed by atoms with Gasteiger partial charge in [-0.15, -0.1) is 0 Å². The summed E-state index contributed by atoms with van der Waals surface area (Å²) in [5.74, 6) is -0.177. The number of hydrogen-bond donors (Lipinski definition) is 2. The van der Waals surface area contributed by atoms with Gasteiger partial charge in [0.15, 0.2) is 0 Å². The van der Waals surface area contributed by atoms with E-state index in [0.717, 1.165) is 5.56 Å². The average Bonchev–Trinajstić information content (AvgIpc) is 2.50. The van der Waals surface area contributed by atoms with Crippen LogP contribution in [0.3, 0.4) is 0 Å². The zero-order valence-electron chi connectivity index (χ0n) is 13.4. The van der Waals surface area contributed by atoms with E-state index >= 15 is 0 Å². The lowest BCUT2D eigenvalue weighted by atomic mass is 10.1. The lowest BCUT2D eigenvalue weighted by Gasteiger charge is -2.12. The molecule has 0 heterocycles. The molecule has 0 unspecified atom stereocenters. The maximum absolute atomic E-state index is 12.4. The van der Waals surface area contributed by atoms with Gasteiger partial charge >= 0.3 is 0 Å². The topological polar surface area (TPSA) is 75.3 Å². The van der Waals surface area contributed by atoms with E-state index < -0.39 is 10.0 Å². The predicted molar refractivity (Wildman–Crippen MR) is 91.2 cm³/mol. The normalized spacial score (nSPS) is 11.1. The summed E-state index contributed by atoms with van der Waals surface area (Å²) in [6.07, 6.45) is 0. The number of carbonyl (C=O) groups excluding carboxylic acids is 1. The van der Waals surface area contributed by atoms with Crippen LogP contribution in [-0.2, 0) is 10.0 Å². The van der Waals surface area contributed by atoms with Crippen molar-refractivity contribution < 1.29 is 13.2 Å². The van der Waals surface area contributed by atoms with Crippen molar-refractivity contribution in [3.8, 4) is 0 Å². The van der Waals surface area contributed by atoms with Gasteiger partial charge in [-0.1, -0.05) is 17.7 Å². The van der Waals surface area contributed by atoms with Crippen LogP contribution in [0.15, 0.2) is 47.4 Å². The summed E-state index contributed by atoms with van der Waals surface area (Å²) in [5, 5.41) is 2.71. The Bertz CT molecular complexity index is 812. The highest BCUT2D eigenvalue weighted by molar-refractivity contribution is 7.92. The third-order valence-corrected chi connectivity index (χ3v) is 4.78. The van der Waals surface area contributed by atoms with E-state index in [-0.39, 0.29) is 10.8 Å². The van der Waals surface area contributed by atoms with Gasteiger partial charge in [0.05, 0.1) is 10.6 Å². The Kier molecular flexibility index (Phi) is 5.05. The molecule has 2 aromatic rings. The molecule has 0 spiro atoms. The van der Waals surface area contributed by atoms with Crippen LogP contribution < -0.4 is 10.0 Å². The highest BCUT2D eigenvalue weighted by Gasteiger charge is 2.15. The quantitative estimate of drug-likeness (QED) is 0.884. The number of hydrogen-bond acceptors (Lipinski definition) is 3. The van der Waals surface area contributed by atoms with E-state index in [2.05, 4.69) is 10.0 Å². The molecular formula is C17H20N2O3S. The van der Waals surface area contributed by atoms with Crippen molar-refractivity contribution >= 4 is 21.6 Å². The van der Waals surface area contributed by atoms with Crippen LogP contribution in [0, 0.1) is 13.8 Å². The molecule has 6 heteroatoms. The maximum Gasteiger partial charge on any atom is 0.261 e. The van der Waals surface area contributed by atoms with E-state index in [0.29, 0.717) is 23.4 Å². The van der Waals surface area contributed by atoms with Crippen molar-refractivity contribution in [2.24, 2.45) is 0 Å². The number of amides is 1. The van der Waals surface area contributed by atoms with E-state index in [1.807, 2.05) is 13.8 Å². The summed E-state index contributed by atoms with van der Waals surface area (Å²) >= 11 is 0. The first-order valence-corrected chi connectivity index (χ1v) is 8.80. The molecule has 0 fully saturated rings. The predicted octanol–water partition coefficient (Wildman–Crippen LogP) is 2.85. The van der Waals surface area contributed by atoms with Crippen LogP contribution in [0.2, 0.25) is 0 Å². The first kappa shape index (κ1) is 17.0. The fraction of sp³-hybridized carbons (Fsp3) is 0.235. The number of anilines is 1. The van der Waals surface area contributed by atoms with Gasteiger partial charge in [0, 0.05) is 12.1 Å². The van der Waals surface area contributed by atoms with Crippen LogP contribution in [-0.4, -0.2) is 20.9 Å². The van der Waals surface area contributed by atoms with E-state index in [4.69, 9.17) is 0 Å². The van der Waals surface area contributed by atoms with Gasteiger partial charge in [0.1, 0.15) is 0 Å². The summed E-state index contributed by atoms with van der Waals surface area (Å²) in [6, 6.07) is 11.5. The summed E-state index contributed by atoms with van der Waals surface area (Å²) in [5.41, 5.74) is 2.64. The van der Waals surface area contributed by atoms with Gasteiger partial charge in [-0.25, -0.2) is 8.42 Å². The molecule has 1 amide bonds. The minimum absolute atomic E-state index is 0.177. The molecule has 2 N–H and O–H groups in total. The number of nitrogens with one attached hydrogen (secondary N) is 2. The zero-order valence-corrected chi connectivity index (χ0v) is 14.2. The molecule has 2 rings (SSSR count). The molecule has 122 valence electrons. The molecule has 0 aliphatic heterocycles. The van der Waals surface area contributed by atoms with Crippen LogP contribution in [0.4, 0.5) is 5.69 Å². The largest absolute Gasteiger partial charge is 0.352 e.